The molecule has 2 aromatic carbocycles. The molecule has 138 valence electrons. The van der Waals surface area contributed by atoms with Crippen molar-refractivity contribution in [2.45, 2.75) is 6.92 Å². The molecule has 0 spiro atoms. The molecule has 0 saturated heterocycles. The van der Waals surface area contributed by atoms with Crippen molar-refractivity contribution in [2.24, 2.45) is 0 Å². The summed E-state index contributed by atoms with van der Waals surface area (Å²) in [5, 5.41) is 5.29. The Morgan fingerprint density at radius 1 is 0.923 bits per heavy atom. The van der Waals surface area contributed by atoms with E-state index in [1.807, 2.05) is 13.0 Å². The Kier molecular flexibility index (Phi) is 6.43. The lowest BCUT2D eigenvalue weighted by Gasteiger charge is -2.14. The highest BCUT2D eigenvalue weighted by atomic mass is 16.5. The maximum absolute atomic E-state index is 12.5. The predicted molar refractivity (Wildman–Crippen MR) is 98.2 cm³/mol. The fraction of sp³-hybridized carbons (Fsp3) is 0.263. The summed E-state index contributed by atoms with van der Waals surface area (Å²) in [6, 6.07) is 10.4. The summed E-state index contributed by atoms with van der Waals surface area (Å²) >= 11 is 0. The van der Waals surface area contributed by atoms with E-state index < -0.39 is 5.91 Å². The van der Waals surface area contributed by atoms with Crippen molar-refractivity contribution in [3.8, 4) is 17.2 Å². The molecule has 2 N–H and O–H groups in total. The van der Waals surface area contributed by atoms with Crippen molar-refractivity contribution >= 4 is 17.5 Å². The molecule has 0 atom stereocenters. The topological polar surface area (TPSA) is 85.9 Å². The van der Waals surface area contributed by atoms with Gasteiger partial charge in [-0.25, -0.2) is 0 Å². The molecule has 0 radical (unpaired) electrons. The molecular weight excluding hydrogens is 336 g/mol. The molecular formula is C19H22N2O5. The number of aryl methyl sites for hydroxylation is 1. The summed E-state index contributed by atoms with van der Waals surface area (Å²) in [6.45, 7) is 1.70. The first-order valence-corrected chi connectivity index (χ1v) is 7.93. The van der Waals surface area contributed by atoms with Gasteiger partial charge in [0.15, 0.2) is 0 Å². The van der Waals surface area contributed by atoms with Crippen LogP contribution in [0.25, 0.3) is 0 Å². The fourth-order valence-electron chi connectivity index (χ4n) is 2.44. The molecule has 0 saturated carbocycles. The Morgan fingerprint density at radius 3 is 2.12 bits per heavy atom. The zero-order valence-corrected chi connectivity index (χ0v) is 15.2. The number of carbonyl (C=O) groups excluding carboxylic acids is 2. The lowest BCUT2D eigenvalue weighted by Crippen LogP contribution is -2.33. The first-order chi connectivity index (χ1) is 12.5. The van der Waals surface area contributed by atoms with Crippen molar-refractivity contribution in [1.29, 1.82) is 0 Å². The third-order valence-corrected chi connectivity index (χ3v) is 3.69. The number of hydrogen-bond acceptors (Lipinski definition) is 5. The van der Waals surface area contributed by atoms with Crippen LogP contribution in [0.1, 0.15) is 15.9 Å². The summed E-state index contributed by atoms with van der Waals surface area (Å²) in [6.07, 6.45) is 0. The highest BCUT2D eigenvalue weighted by Gasteiger charge is 2.19. The number of amides is 2. The summed E-state index contributed by atoms with van der Waals surface area (Å²) in [5.41, 5.74) is 1.75. The molecule has 7 nitrogen and oxygen atoms in total. The molecule has 0 fully saturated rings. The van der Waals surface area contributed by atoms with Crippen LogP contribution in [0.2, 0.25) is 0 Å². The van der Waals surface area contributed by atoms with Gasteiger partial charge in [-0.3, -0.25) is 9.59 Å². The van der Waals surface area contributed by atoms with Crippen LogP contribution in [0.4, 0.5) is 5.69 Å². The van der Waals surface area contributed by atoms with Crippen LogP contribution < -0.4 is 24.8 Å². The second kappa shape index (κ2) is 8.75. The fourth-order valence-corrected chi connectivity index (χ4v) is 2.44. The molecule has 0 aliphatic rings. The maximum atomic E-state index is 12.5. The highest BCUT2D eigenvalue weighted by Crippen LogP contribution is 2.28. The van der Waals surface area contributed by atoms with E-state index in [4.69, 9.17) is 14.2 Å². The number of nitrogens with one attached hydrogen (secondary N) is 2. The van der Waals surface area contributed by atoms with E-state index in [1.54, 1.807) is 30.3 Å². The summed E-state index contributed by atoms with van der Waals surface area (Å²) < 4.78 is 15.6. The van der Waals surface area contributed by atoms with Gasteiger partial charge < -0.3 is 24.8 Å². The van der Waals surface area contributed by atoms with Gasteiger partial charge in [-0.2, -0.15) is 0 Å². The monoisotopic (exact) mass is 358 g/mol. The quantitative estimate of drug-likeness (QED) is 0.794. The number of hydrogen-bond donors (Lipinski definition) is 2. The summed E-state index contributed by atoms with van der Waals surface area (Å²) in [5.74, 6) is 0.425. The van der Waals surface area contributed by atoms with E-state index in [0.29, 0.717) is 22.9 Å². The minimum Gasteiger partial charge on any atom is -0.496 e. The van der Waals surface area contributed by atoms with Gasteiger partial charge in [-0.1, -0.05) is 12.1 Å². The van der Waals surface area contributed by atoms with E-state index in [9.17, 15) is 9.59 Å². The van der Waals surface area contributed by atoms with Crippen LogP contribution in [0.15, 0.2) is 36.4 Å². The Hall–Kier alpha value is -3.22. The van der Waals surface area contributed by atoms with E-state index in [-0.39, 0.29) is 18.0 Å². The highest BCUT2D eigenvalue weighted by molar-refractivity contribution is 6.03. The Morgan fingerprint density at radius 2 is 1.54 bits per heavy atom. The minimum atomic E-state index is -0.467. The van der Waals surface area contributed by atoms with Gasteiger partial charge in [0.1, 0.15) is 22.8 Å². The first-order valence-electron chi connectivity index (χ1n) is 7.93. The van der Waals surface area contributed by atoms with Gasteiger partial charge in [0, 0.05) is 0 Å². The maximum Gasteiger partial charge on any atom is 0.259 e. The minimum absolute atomic E-state index is 0.211. The molecule has 2 amide bonds. The lowest BCUT2D eigenvalue weighted by atomic mass is 10.1. The average Bonchev–Trinajstić information content (AvgIpc) is 2.65. The van der Waals surface area contributed by atoms with Crippen molar-refractivity contribution in [3.05, 3.63) is 47.5 Å². The molecule has 0 aliphatic carbocycles. The van der Waals surface area contributed by atoms with Crippen LogP contribution in [0, 0.1) is 6.92 Å². The molecule has 0 aromatic heterocycles. The van der Waals surface area contributed by atoms with E-state index in [0.717, 1.165) is 5.56 Å². The molecule has 2 aromatic rings. The molecule has 0 heterocycles. The third kappa shape index (κ3) is 4.44. The number of carbonyl (C=O) groups is 2. The normalized spacial score (nSPS) is 10.0. The van der Waals surface area contributed by atoms with Crippen LogP contribution in [0.5, 0.6) is 17.2 Å². The largest absolute Gasteiger partial charge is 0.496 e. The number of methoxy groups -OCH3 is 3. The first kappa shape index (κ1) is 19.1. The average molecular weight is 358 g/mol. The zero-order chi connectivity index (χ0) is 19.1. The molecule has 0 unspecified atom stereocenters. The summed E-state index contributed by atoms with van der Waals surface area (Å²) in [4.78, 5) is 24.7. The number of rotatable bonds is 7. The number of ether oxygens (including phenoxy) is 3. The van der Waals surface area contributed by atoms with Crippen LogP contribution in [-0.4, -0.2) is 39.7 Å². The molecule has 0 aliphatic heterocycles. The second-order valence-corrected chi connectivity index (χ2v) is 5.47. The van der Waals surface area contributed by atoms with Crippen LogP contribution in [0.3, 0.4) is 0 Å². The van der Waals surface area contributed by atoms with Crippen molar-refractivity contribution in [1.82, 2.24) is 5.32 Å². The Balaban J connectivity index is 2.06. The SMILES string of the molecule is COc1ccc(C)cc1NC(=O)CNC(=O)c1c(OC)cccc1OC. The van der Waals surface area contributed by atoms with E-state index in [2.05, 4.69) is 10.6 Å². The smallest absolute Gasteiger partial charge is 0.259 e. The third-order valence-electron chi connectivity index (χ3n) is 3.69. The van der Waals surface area contributed by atoms with Crippen molar-refractivity contribution in [2.75, 3.05) is 33.2 Å². The lowest BCUT2D eigenvalue weighted by molar-refractivity contribution is -0.115. The molecule has 26 heavy (non-hydrogen) atoms. The van der Waals surface area contributed by atoms with Gasteiger partial charge in [0.2, 0.25) is 5.91 Å². The number of anilines is 1. The van der Waals surface area contributed by atoms with E-state index in [1.165, 1.54) is 21.3 Å². The van der Waals surface area contributed by atoms with Gasteiger partial charge in [0.25, 0.3) is 5.91 Å². The van der Waals surface area contributed by atoms with Gasteiger partial charge in [-0.05, 0) is 36.8 Å². The van der Waals surface area contributed by atoms with Crippen LogP contribution >= 0.6 is 0 Å². The Labute approximate surface area is 152 Å². The zero-order valence-electron chi connectivity index (χ0n) is 15.2. The van der Waals surface area contributed by atoms with Gasteiger partial charge in [-0.15, -0.1) is 0 Å². The van der Waals surface area contributed by atoms with Crippen LogP contribution in [-0.2, 0) is 4.79 Å². The Bertz CT molecular complexity index is 782. The van der Waals surface area contributed by atoms with Gasteiger partial charge in [0.05, 0.1) is 33.6 Å². The molecule has 7 heteroatoms. The van der Waals surface area contributed by atoms with Gasteiger partial charge >= 0.3 is 0 Å². The second-order valence-electron chi connectivity index (χ2n) is 5.47. The molecule has 2 rings (SSSR count). The molecule has 0 bridgehead atoms. The predicted octanol–water partition coefficient (Wildman–Crippen LogP) is 2.39. The summed E-state index contributed by atoms with van der Waals surface area (Å²) in [7, 11) is 4.45. The van der Waals surface area contributed by atoms with E-state index >= 15 is 0 Å². The van der Waals surface area contributed by atoms with Crippen molar-refractivity contribution in [3.63, 3.8) is 0 Å². The van der Waals surface area contributed by atoms with Crippen molar-refractivity contribution < 1.29 is 23.8 Å². The standard InChI is InChI=1S/C19H22N2O5/c1-12-8-9-14(24-2)13(10-12)21-17(22)11-20-19(23)18-15(25-3)6-5-7-16(18)26-4/h5-10H,11H2,1-4H3,(H,20,23)(H,21,22). The number of benzene rings is 2.